The molecule has 3 nitrogen and oxygen atoms in total. The Balaban J connectivity index is 1.90. The second-order valence-electron chi connectivity index (χ2n) is 5.71. The Hall–Kier alpha value is -1.35. The Kier molecular flexibility index (Phi) is 4.97. The highest BCUT2D eigenvalue weighted by Gasteiger charge is 2.21. The van der Waals surface area contributed by atoms with Crippen LogP contribution in [0.1, 0.15) is 50.6 Å². The lowest BCUT2D eigenvalue weighted by atomic mass is 10.0. The van der Waals surface area contributed by atoms with Crippen LogP contribution in [0.15, 0.2) is 30.3 Å². The Morgan fingerprint density at radius 3 is 2.68 bits per heavy atom. The maximum atomic E-state index is 12.2. The largest absolute Gasteiger partial charge is 0.352 e. The van der Waals surface area contributed by atoms with Gasteiger partial charge in [-0.05, 0) is 30.7 Å². The van der Waals surface area contributed by atoms with Crippen molar-refractivity contribution < 1.29 is 4.79 Å². The van der Waals surface area contributed by atoms with Crippen LogP contribution in [0.25, 0.3) is 0 Å². The van der Waals surface area contributed by atoms with Crippen molar-refractivity contribution in [1.29, 1.82) is 0 Å². The highest BCUT2D eigenvalue weighted by molar-refractivity contribution is 5.83. The summed E-state index contributed by atoms with van der Waals surface area (Å²) >= 11 is 0. The van der Waals surface area contributed by atoms with Crippen LogP contribution in [0, 0.1) is 5.92 Å². The number of carbonyl (C=O) groups excluding carboxylic acids is 1. The summed E-state index contributed by atoms with van der Waals surface area (Å²) in [7, 11) is 0. The van der Waals surface area contributed by atoms with E-state index in [0.717, 1.165) is 24.3 Å². The summed E-state index contributed by atoms with van der Waals surface area (Å²) in [5, 5.41) is 3.11. The first-order valence-corrected chi connectivity index (χ1v) is 7.27. The number of benzene rings is 1. The van der Waals surface area contributed by atoms with Crippen LogP contribution >= 0.6 is 0 Å². The predicted molar refractivity (Wildman–Crippen MR) is 77.6 cm³/mol. The third-order valence-electron chi connectivity index (χ3n) is 4.04. The molecule has 0 saturated heterocycles. The highest BCUT2D eigenvalue weighted by Crippen LogP contribution is 2.23. The second-order valence-corrected chi connectivity index (χ2v) is 5.71. The van der Waals surface area contributed by atoms with Gasteiger partial charge >= 0.3 is 0 Å². The molecular weight excluding hydrogens is 236 g/mol. The van der Waals surface area contributed by atoms with Crippen LogP contribution in [0.2, 0.25) is 0 Å². The lowest BCUT2D eigenvalue weighted by molar-refractivity contribution is -0.123. The fourth-order valence-corrected chi connectivity index (χ4v) is 2.73. The van der Waals surface area contributed by atoms with Crippen molar-refractivity contribution in [1.82, 2.24) is 5.32 Å². The molecule has 3 N–H and O–H groups in total. The molecule has 0 radical (unpaired) electrons. The van der Waals surface area contributed by atoms with Gasteiger partial charge < -0.3 is 11.1 Å². The van der Waals surface area contributed by atoms with E-state index >= 15 is 0 Å². The van der Waals surface area contributed by atoms with E-state index in [2.05, 4.69) is 12.2 Å². The van der Waals surface area contributed by atoms with Gasteiger partial charge in [0.2, 0.25) is 5.91 Å². The molecule has 19 heavy (non-hydrogen) atoms. The van der Waals surface area contributed by atoms with Crippen LogP contribution in [-0.4, -0.2) is 11.9 Å². The lowest BCUT2D eigenvalue weighted by Crippen LogP contribution is -2.40. The van der Waals surface area contributed by atoms with Gasteiger partial charge in [0.05, 0.1) is 0 Å². The minimum Gasteiger partial charge on any atom is -0.352 e. The van der Waals surface area contributed by atoms with Gasteiger partial charge in [-0.25, -0.2) is 0 Å². The van der Waals surface area contributed by atoms with Gasteiger partial charge in [-0.15, -0.1) is 0 Å². The first-order chi connectivity index (χ1) is 9.16. The summed E-state index contributed by atoms with van der Waals surface area (Å²) in [6, 6.07) is 9.31. The maximum Gasteiger partial charge on any atom is 0.241 e. The second kappa shape index (κ2) is 6.71. The number of carbonyl (C=O) groups is 1. The van der Waals surface area contributed by atoms with Gasteiger partial charge in [0.25, 0.3) is 0 Å². The molecule has 1 fully saturated rings. The molecule has 0 aromatic heterocycles. The molecule has 0 heterocycles. The molecule has 1 aromatic rings. The number of nitrogens with two attached hydrogens (primary N) is 1. The first kappa shape index (κ1) is 14.1. The average molecular weight is 260 g/mol. The van der Waals surface area contributed by atoms with E-state index in [1.54, 1.807) is 0 Å². The van der Waals surface area contributed by atoms with Gasteiger partial charge in [-0.2, -0.15) is 0 Å². The van der Waals surface area contributed by atoms with E-state index in [-0.39, 0.29) is 5.91 Å². The number of hydrogen-bond acceptors (Lipinski definition) is 2. The molecule has 0 bridgehead atoms. The molecule has 3 atom stereocenters. The summed E-state index contributed by atoms with van der Waals surface area (Å²) in [6.45, 7) is 2.29. The molecule has 1 amide bonds. The SMILES string of the molecule is CC1CCCC(NC(=O)[C@@H](N)c2ccccc2)CC1. The van der Waals surface area contributed by atoms with Crippen LogP contribution < -0.4 is 11.1 Å². The number of hydrogen-bond donors (Lipinski definition) is 2. The van der Waals surface area contributed by atoms with E-state index < -0.39 is 6.04 Å². The molecule has 3 heteroatoms. The van der Waals surface area contributed by atoms with Gasteiger partial charge in [-0.3, -0.25) is 4.79 Å². The van der Waals surface area contributed by atoms with E-state index in [4.69, 9.17) is 5.73 Å². The molecule has 2 unspecified atom stereocenters. The summed E-state index contributed by atoms with van der Waals surface area (Å²) in [4.78, 5) is 12.2. The molecule has 1 aliphatic carbocycles. The van der Waals surface area contributed by atoms with Crippen LogP contribution in [0.4, 0.5) is 0 Å². The van der Waals surface area contributed by atoms with Gasteiger partial charge in [-0.1, -0.05) is 50.1 Å². The Bertz CT molecular complexity index is 404. The standard InChI is InChI=1S/C16H24N2O/c1-12-6-5-9-14(11-10-12)18-16(19)15(17)13-7-3-2-4-8-13/h2-4,7-8,12,14-15H,5-6,9-11,17H2,1H3,(H,18,19)/t12?,14?,15-/m0/s1. The van der Waals surface area contributed by atoms with Crippen molar-refractivity contribution in [2.75, 3.05) is 0 Å². The topological polar surface area (TPSA) is 55.1 Å². The monoisotopic (exact) mass is 260 g/mol. The zero-order valence-electron chi connectivity index (χ0n) is 11.6. The molecular formula is C16H24N2O. The number of nitrogens with one attached hydrogen (secondary N) is 1. The van der Waals surface area contributed by atoms with Crippen molar-refractivity contribution in [3.05, 3.63) is 35.9 Å². The van der Waals surface area contributed by atoms with Gasteiger partial charge in [0.1, 0.15) is 6.04 Å². The van der Waals surface area contributed by atoms with Crippen molar-refractivity contribution in [3.63, 3.8) is 0 Å². The molecule has 2 rings (SSSR count). The molecule has 0 spiro atoms. The third-order valence-corrected chi connectivity index (χ3v) is 4.04. The summed E-state index contributed by atoms with van der Waals surface area (Å²) in [5.74, 6) is 0.732. The third kappa shape index (κ3) is 4.06. The quantitative estimate of drug-likeness (QED) is 0.821. The van der Waals surface area contributed by atoms with Crippen molar-refractivity contribution in [2.24, 2.45) is 11.7 Å². The summed E-state index contributed by atoms with van der Waals surface area (Å²) < 4.78 is 0. The van der Waals surface area contributed by atoms with E-state index in [1.807, 2.05) is 30.3 Å². The Morgan fingerprint density at radius 1 is 1.21 bits per heavy atom. The van der Waals surface area contributed by atoms with E-state index in [0.29, 0.717) is 6.04 Å². The zero-order chi connectivity index (χ0) is 13.7. The molecule has 1 aromatic carbocycles. The van der Waals surface area contributed by atoms with Crippen molar-refractivity contribution >= 4 is 5.91 Å². The fraction of sp³-hybridized carbons (Fsp3) is 0.562. The molecule has 0 aliphatic heterocycles. The summed E-state index contributed by atoms with van der Waals surface area (Å²) in [5.41, 5.74) is 6.89. The van der Waals surface area contributed by atoms with Crippen LogP contribution in [-0.2, 0) is 4.79 Å². The van der Waals surface area contributed by atoms with Crippen molar-refractivity contribution in [2.45, 2.75) is 51.1 Å². The van der Waals surface area contributed by atoms with Gasteiger partial charge in [0.15, 0.2) is 0 Å². The minimum atomic E-state index is -0.554. The van der Waals surface area contributed by atoms with Gasteiger partial charge in [0, 0.05) is 6.04 Å². The molecule has 1 saturated carbocycles. The van der Waals surface area contributed by atoms with Crippen molar-refractivity contribution in [3.8, 4) is 0 Å². The smallest absolute Gasteiger partial charge is 0.241 e. The zero-order valence-corrected chi connectivity index (χ0v) is 11.6. The Labute approximate surface area is 115 Å². The number of amides is 1. The minimum absolute atomic E-state index is 0.0502. The maximum absolute atomic E-state index is 12.2. The normalized spacial score (nSPS) is 25.4. The van der Waals surface area contributed by atoms with Crippen LogP contribution in [0.5, 0.6) is 0 Å². The van der Waals surface area contributed by atoms with Crippen LogP contribution in [0.3, 0.4) is 0 Å². The number of rotatable bonds is 3. The predicted octanol–water partition coefficient (Wildman–Crippen LogP) is 2.77. The van der Waals surface area contributed by atoms with E-state index in [9.17, 15) is 4.79 Å². The molecule has 104 valence electrons. The lowest BCUT2D eigenvalue weighted by Gasteiger charge is -2.19. The fourth-order valence-electron chi connectivity index (χ4n) is 2.73. The average Bonchev–Trinajstić information content (AvgIpc) is 2.64. The summed E-state index contributed by atoms with van der Waals surface area (Å²) in [6.07, 6.45) is 5.83. The first-order valence-electron chi connectivity index (χ1n) is 7.27. The Morgan fingerprint density at radius 2 is 1.95 bits per heavy atom. The van der Waals surface area contributed by atoms with E-state index in [1.165, 1.54) is 19.3 Å². The highest BCUT2D eigenvalue weighted by atomic mass is 16.2. The molecule has 1 aliphatic rings.